The number of imidazole rings is 1. The van der Waals surface area contributed by atoms with Crippen LogP contribution in [0.15, 0.2) is 30.7 Å². The SMILES string of the molecule is CC1c2nc(CC(=O)NCc3cccnc3)cn2CCN1C1CCCC1. The van der Waals surface area contributed by atoms with Crippen LogP contribution >= 0.6 is 0 Å². The summed E-state index contributed by atoms with van der Waals surface area (Å²) in [5.74, 6) is 1.11. The van der Waals surface area contributed by atoms with Gasteiger partial charge in [0.05, 0.1) is 18.2 Å². The van der Waals surface area contributed by atoms with E-state index in [-0.39, 0.29) is 5.91 Å². The minimum absolute atomic E-state index is 0.00426. The molecule has 1 fully saturated rings. The first kappa shape index (κ1) is 17.2. The van der Waals surface area contributed by atoms with Crippen molar-refractivity contribution < 1.29 is 4.79 Å². The highest BCUT2D eigenvalue weighted by molar-refractivity contribution is 5.78. The maximum Gasteiger partial charge on any atom is 0.226 e. The summed E-state index contributed by atoms with van der Waals surface area (Å²) in [6.07, 6.45) is 11.2. The van der Waals surface area contributed by atoms with Crippen molar-refractivity contribution in [1.82, 2.24) is 24.8 Å². The van der Waals surface area contributed by atoms with E-state index < -0.39 is 0 Å². The number of pyridine rings is 1. The number of fused-ring (bicyclic) bond motifs is 1. The van der Waals surface area contributed by atoms with Crippen molar-refractivity contribution >= 4 is 5.91 Å². The molecule has 138 valence electrons. The van der Waals surface area contributed by atoms with Gasteiger partial charge in [-0.2, -0.15) is 0 Å². The predicted molar refractivity (Wildman–Crippen MR) is 99.4 cm³/mol. The average Bonchev–Trinajstić information content (AvgIpc) is 3.31. The van der Waals surface area contributed by atoms with E-state index in [9.17, 15) is 4.79 Å². The van der Waals surface area contributed by atoms with Crippen molar-refractivity contribution in [2.75, 3.05) is 6.54 Å². The molecule has 2 aromatic rings. The van der Waals surface area contributed by atoms with Gasteiger partial charge < -0.3 is 9.88 Å². The summed E-state index contributed by atoms with van der Waals surface area (Å²) < 4.78 is 2.24. The quantitative estimate of drug-likeness (QED) is 0.897. The summed E-state index contributed by atoms with van der Waals surface area (Å²) in [5, 5.41) is 2.95. The van der Waals surface area contributed by atoms with Crippen LogP contribution in [0.5, 0.6) is 0 Å². The van der Waals surface area contributed by atoms with Crippen molar-refractivity contribution in [3.05, 3.63) is 47.8 Å². The number of carbonyl (C=O) groups excluding carboxylic acids is 1. The highest BCUT2D eigenvalue weighted by Gasteiger charge is 2.32. The lowest BCUT2D eigenvalue weighted by Crippen LogP contribution is -2.42. The molecule has 1 unspecified atom stereocenters. The van der Waals surface area contributed by atoms with Crippen molar-refractivity contribution in [3.63, 3.8) is 0 Å². The Labute approximate surface area is 154 Å². The fourth-order valence-corrected chi connectivity index (χ4v) is 4.31. The zero-order chi connectivity index (χ0) is 17.9. The molecule has 0 spiro atoms. The topological polar surface area (TPSA) is 63.1 Å². The molecule has 0 bridgehead atoms. The van der Waals surface area contributed by atoms with Crippen molar-refractivity contribution in [1.29, 1.82) is 0 Å². The summed E-state index contributed by atoms with van der Waals surface area (Å²) in [5.41, 5.74) is 1.87. The number of hydrogen-bond acceptors (Lipinski definition) is 4. The Morgan fingerprint density at radius 1 is 1.31 bits per heavy atom. The van der Waals surface area contributed by atoms with Gasteiger partial charge in [-0.25, -0.2) is 4.98 Å². The van der Waals surface area contributed by atoms with Gasteiger partial charge in [-0.05, 0) is 31.4 Å². The molecule has 3 heterocycles. The van der Waals surface area contributed by atoms with Crippen LogP contribution in [0.2, 0.25) is 0 Å². The minimum Gasteiger partial charge on any atom is -0.352 e. The lowest BCUT2D eigenvalue weighted by atomic mass is 10.1. The van der Waals surface area contributed by atoms with Gasteiger partial charge in [0, 0.05) is 44.3 Å². The van der Waals surface area contributed by atoms with Gasteiger partial charge in [0.2, 0.25) is 5.91 Å². The van der Waals surface area contributed by atoms with Crippen LogP contribution in [-0.2, 0) is 24.3 Å². The molecule has 2 aromatic heterocycles. The van der Waals surface area contributed by atoms with Crippen LogP contribution in [0.1, 0.15) is 55.7 Å². The van der Waals surface area contributed by atoms with Gasteiger partial charge in [-0.3, -0.25) is 14.7 Å². The van der Waals surface area contributed by atoms with Crippen molar-refractivity contribution in [3.8, 4) is 0 Å². The molecule has 1 atom stereocenters. The standard InChI is InChI=1S/C20H27N5O/c1-15-20-23-17(11-19(26)22-13-16-5-4-8-21-12-16)14-24(20)9-10-25(15)18-6-2-3-7-18/h4-5,8,12,14-15,18H,2-3,6-7,9-11,13H2,1H3,(H,22,26). The maximum atomic E-state index is 12.3. The molecule has 0 saturated heterocycles. The van der Waals surface area contributed by atoms with Crippen LogP contribution in [0.3, 0.4) is 0 Å². The molecule has 0 aromatic carbocycles. The van der Waals surface area contributed by atoms with Crippen LogP contribution in [0, 0.1) is 0 Å². The Balaban J connectivity index is 1.37. The first-order chi connectivity index (χ1) is 12.7. The van der Waals surface area contributed by atoms with E-state index in [1.807, 2.05) is 12.1 Å². The van der Waals surface area contributed by atoms with E-state index in [0.717, 1.165) is 30.2 Å². The molecular formula is C20H27N5O. The second kappa shape index (κ2) is 7.58. The third-order valence-corrected chi connectivity index (χ3v) is 5.68. The summed E-state index contributed by atoms with van der Waals surface area (Å²) in [7, 11) is 0. The third kappa shape index (κ3) is 3.65. The van der Waals surface area contributed by atoms with Gasteiger partial charge in [0.25, 0.3) is 0 Å². The Kier molecular flexibility index (Phi) is 5.02. The first-order valence-corrected chi connectivity index (χ1v) is 9.68. The fourth-order valence-electron chi connectivity index (χ4n) is 4.31. The molecule has 1 aliphatic heterocycles. The Hall–Kier alpha value is -2.21. The van der Waals surface area contributed by atoms with Gasteiger partial charge in [-0.1, -0.05) is 18.9 Å². The van der Waals surface area contributed by atoms with E-state index in [4.69, 9.17) is 4.98 Å². The Bertz CT molecular complexity index is 751. The zero-order valence-corrected chi connectivity index (χ0v) is 15.4. The summed E-state index contributed by atoms with van der Waals surface area (Å²) in [6.45, 7) is 4.82. The van der Waals surface area contributed by atoms with E-state index in [1.165, 1.54) is 25.7 Å². The smallest absolute Gasteiger partial charge is 0.226 e. The predicted octanol–water partition coefficient (Wildman–Crippen LogP) is 2.46. The van der Waals surface area contributed by atoms with Gasteiger partial charge in [0.15, 0.2) is 0 Å². The summed E-state index contributed by atoms with van der Waals surface area (Å²) >= 11 is 0. The van der Waals surface area contributed by atoms with Gasteiger partial charge in [0.1, 0.15) is 5.82 Å². The van der Waals surface area contributed by atoms with E-state index in [1.54, 1.807) is 12.4 Å². The normalized spacial score (nSPS) is 20.9. The Morgan fingerprint density at radius 3 is 2.92 bits per heavy atom. The first-order valence-electron chi connectivity index (χ1n) is 9.68. The molecule has 1 amide bonds. The van der Waals surface area contributed by atoms with Crippen LogP contribution in [0.4, 0.5) is 0 Å². The molecule has 1 saturated carbocycles. The Morgan fingerprint density at radius 2 is 2.15 bits per heavy atom. The maximum absolute atomic E-state index is 12.3. The number of nitrogens with one attached hydrogen (secondary N) is 1. The van der Waals surface area contributed by atoms with E-state index >= 15 is 0 Å². The number of aromatic nitrogens is 3. The number of carbonyl (C=O) groups is 1. The number of amides is 1. The highest BCUT2D eigenvalue weighted by Crippen LogP contribution is 2.33. The monoisotopic (exact) mass is 353 g/mol. The molecule has 26 heavy (non-hydrogen) atoms. The van der Waals surface area contributed by atoms with E-state index in [2.05, 4.69) is 32.9 Å². The molecule has 1 aliphatic carbocycles. The van der Waals surface area contributed by atoms with E-state index in [0.29, 0.717) is 25.0 Å². The molecule has 6 heteroatoms. The highest BCUT2D eigenvalue weighted by atomic mass is 16.1. The zero-order valence-electron chi connectivity index (χ0n) is 15.4. The number of hydrogen-bond donors (Lipinski definition) is 1. The second-order valence-corrected chi connectivity index (χ2v) is 7.45. The molecule has 1 N–H and O–H groups in total. The summed E-state index contributed by atoms with van der Waals surface area (Å²) in [4.78, 5) is 23.7. The molecule has 6 nitrogen and oxygen atoms in total. The largest absolute Gasteiger partial charge is 0.352 e. The molecular weight excluding hydrogens is 326 g/mol. The van der Waals surface area contributed by atoms with Crippen LogP contribution < -0.4 is 5.32 Å². The third-order valence-electron chi connectivity index (χ3n) is 5.68. The minimum atomic E-state index is 0.00426. The number of rotatable bonds is 5. The van der Waals surface area contributed by atoms with Crippen LogP contribution in [0.25, 0.3) is 0 Å². The van der Waals surface area contributed by atoms with Gasteiger partial charge >= 0.3 is 0 Å². The number of nitrogens with zero attached hydrogens (tertiary/aromatic N) is 4. The van der Waals surface area contributed by atoms with Crippen LogP contribution in [-0.4, -0.2) is 37.9 Å². The lowest BCUT2D eigenvalue weighted by Gasteiger charge is -2.38. The second-order valence-electron chi connectivity index (χ2n) is 7.45. The average molecular weight is 353 g/mol. The lowest BCUT2D eigenvalue weighted by molar-refractivity contribution is -0.120. The molecule has 2 aliphatic rings. The molecule has 0 radical (unpaired) electrons. The van der Waals surface area contributed by atoms with Gasteiger partial charge in [-0.15, -0.1) is 0 Å². The fraction of sp³-hybridized carbons (Fsp3) is 0.550. The summed E-state index contributed by atoms with van der Waals surface area (Å²) in [6, 6.07) is 4.88. The molecule has 4 rings (SSSR count). The van der Waals surface area contributed by atoms with Crippen molar-refractivity contribution in [2.45, 2.75) is 64.2 Å². The van der Waals surface area contributed by atoms with Crippen molar-refractivity contribution in [2.24, 2.45) is 0 Å².